The lowest BCUT2D eigenvalue weighted by Gasteiger charge is -2.26. The van der Waals surface area contributed by atoms with E-state index in [0.29, 0.717) is 18.9 Å². The minimum Gasteiger partial charge on any atom is -0.312 e. The van der Waals surface area contributed by atoms with Crippen LogP contribution in [0, 0.1) is 0 Å². The van der Waals surface area contributed by atoms with Crippen molar-refractivity contribution in [2.45, 2.75) is 71.3 Å². The molecular weight excluding hydrogens is 432 g/mol. The summed E-state index contributed by atoms with van der Waals surface area (Å²) >= 11 is 6.31. The Morgan fingerprint density at radius 1 is 1.03 bits per heavy atom. The first-order valence-corrected chi connectivity index (χ1v) is 12.8. The summed E-state index contributed by atoms with van der Waals surface area (Å²) in [7, 11) is 0. The molecule has 0 spiro atoms. The van der Waals surface area contributed by atoms with Crippen molar-refractivity contribution in [3.05, 3.63) is 63.7 Å². The summed E-state index contributed by atoms with van der Waals surface area (Å²) in [5, 5.41) is 0.847. The van der Waals surface area contributed by atoms with Crippen LogP contribution in [0.5, 0.6) is 0 Å². The molecule has 4 nitrogen and oxygen atoms in total. The van der Waals surface area contributed by atoms with Crippen molar-refractivity contribution in [2.75, 3.05) is 24.5 Å². The van der Waals surface area contributed by atoms with E-state index in [1.165, 1.54) is 16.7 Å². The molecule has 0 N–H and O–H groups in total. The van der Waals surface area contributed by atoms with Gasteiger partial charge in [-0.15, -0.1) is 0 Å². The molecule has 0 atom stereocenters. The van der Waals surface area contributed by atoms with Gasteiger partial charge >= 0.3 is 0 Å². The molecule has 5 heteroatoms. The van der Waals surface area contributed by atoms with Crippen LogP contribution in [-0.4, -0.2) is 42.3 Å². The molecule has 0 fully saturated rings. The maximum atomic E-state index is 12.9. The molecule has 176 valence electrons. The minimum atomic E-state index is 0.225. The van der Waals surface area contributed by atoms with E-state index in [-0.39, 0.29) is 11.7 Å². The van der Waals surface area contributed by atoms with Gasteiger partial charge in [-0.2, -0.15) is 0 Å². The Kier molecular flexibility index (Phi) is 7.87. The Balaban J connectivity index is 1.23. The molecule has 2 heterocycles. The molecule has 0 aliphatic carbocycles. The quantitative estimate of drug-likeness (QED) is 0.307. The van der Waals surface area contributed by atoms with E-state index in [2.05, 4.69) is 24.8 Å². The first-order valence-electron chi connectivity index (χ1n) is 12.4. The summed E-state index contributed by atoms with van der Waals surface area (Å²) in [5.74, 6) is 0.464. The Bertz CT molecular complexity index is 1020. The van der Waals surface area contributed by atoms with Crippen molar-refractivity contribution in [1.82, 2.24) is 4.90 Å². The second kappa shape index (κ2) is 10.8. The van der Waals surface area contributed by atoms with Crippen molar-refractivity contribution in [3.63, 3.8) is 0 Å². The van der Waals surface area contributed by atoms with Gasteiger partial charge in [0, 0.05) is 42.6 Å². The summed E-state index contributed by atoms with van der Waals surface area (Å²) < 4.78 is 0. The van der Waals surface area contributed by atoms with E-state index in [1.807, 2.05) is 35.2 Å². The normalized spacial score (nSPS) is 14.9. The predicted octanol–water partition coefficient (Wildman–Crippen LogP) is 5.87. The van der Waals surface area contributed by atoms with Crippen molar-refractivity contribution >= 4 is 29.0 Å². The largest absolute Gasteiger partial charge is 0.312 e. The zero-order valence-corrected chi connectivity index (χ0v) is 20.7. The van der Waals surface area contributed by atoms with Gasteiger partial charge in [0.15, 0.2) is 5.78 Å². The summed E-state index contributed by atoms with van der Waals surface area (Å²) in [4.78, 5) is 29.4. The Labute approximate surface area is 202 Å². The molecule has 0 bridgehead atoms. The zero-order chi connectivity index (χ0) is 23.4. The van der Waals surface area contributed by atoms with Gasteiger partial charge in [0.05, 0.1) is 5.69 Å². The van der Waals surface area contributed by atoms with Gasteiger partial charge in [0.25, 0.3) is 0 Å². The van der Waals surface area contributed by atoms with E-state index in [1.54, 1.807) is 0 Å². The van der Waals surface area contributed by atoms with Crippen LogP contribution in [-0.2, 0) is 24.1 Å². The third-order valence-corrected chi connectivity index (χ3v) is 7.45. The molecule has 0 saturated carbocycles. The number of hydrogen-bond donors (Lipinski definition) is 0. The Morgan fingerprint density at radius 2 is 1.79 bits per heavy atom. The van der Waals surface area contributed by atoms with Gasteiger partial charge in [-0.1, -0.05) is 36.2 Å². The molecule has 4 rings (SSSR count). The van der Waals surface area contributed by atoms with Crippen LogP contribution >= 0.6 is 11.6 Å². The molecule has 0 radical (unpaired) electrons. The molecular formula is C28H35ClN2O2. The maximum Gasteiger partial charge on any atom is 0.227 e. The molecule has 2 aliphatic heterocycles. The number of Topliss-reactive ketones (excluding diaryl/α,β-unsaturated/α-hetero) is 1. The van der Waals surface area contributed by atoms with Gasteiger partial charge in [-0.3, -0.25) is 9.59 Å². The van der Waals surface area contributed by atoms with Crippen LogP contribution in [0.2, 0.25) is 5.02 Å². The lowest BCUT2D eigenvalue weighted by Crippen LogP contribution is -2.33. The number of aryl methyl sites for hydroxylation is 1. The second-order valence-electron chi connectivity index (χ2n) is 9.64. The van der Waals surface area contributed by atoms with E-state index in [4.69, 9.17) is 11.6 Å². The van der Waals surface area contributed by atoms with Crippen molar-refractivity contribution < 1.29 is 9.59 Å². The smallest absolute Gasteiger partial charge is 0.227 e. The number of anilines is 1. The van der Waals surface area contributed by atoms with Gasteiger partial charge in [0.2, 0.25) is 5.91 Å². The number of carbonyl (C=O) groups excluding carboxylic acids is 2. The van der Waals surface area contributed by atoms with E-state index < -0.39 is 0 Å². The predicted molar refractivity (Wildman–Crippen MR) is 135 cm³/mol. The maximum absolute atomic E-state index is 12.9. The van der Waals surface area contributed by atoms with E-state index in [0.717, 1.165) is 74.4 Å². The molecule has 0 aromatic heterocycles. The van der Waals surface area contributed by atoms with Crippen molar-refractivity contribution in [2.24, 2.45) is 0 Å². The lowest BCUT2D eigenvalue weighted by atomic mass is 9.94. The lowest BCUT2D eigenvalue weighted by molar-refractivity contribution is -0.118. The number of unbranched alkanes of at least 4 members (excludes halogenated alkanes) is 2. The van der Waals surface area contributed by atoms with E-state index >= 15 is 0 Å². The monoisotopic (exact) mass is 466 g/mol. The number of carbonyl (C=O) groups is 2. The van der Waals surface area contributed by atoms with Crippen LogP contribution in [0.15, 0.2) is 36.4 Å². The van der Waals surface area contributed by atoms with Crippen LogP contribution in [0.4, 0.5) is 5.69 Å². The van der Waals surface area contributed by atoms with Crippen molar-refractivity contribution in [1.29, 1.82) is 0 Å². The van der Waals surface area contributed by atoms with Crippen LogP contribution in [0.3, 0.4) is 0 Å². The highest BCUT2D eigenvalue weighted by molar-refractivity contribution is 6.31. The first-order chi connectivity index (χ1) is 15.9. The topological polar surface area (TPSA) is 40.6 Å². The fourth-order valence-corrected chi connectivity index (χ4v) is 5.36. The molecule has 1 amide bonds. The van der Waals surface area contributed by atoms with Gasteiger partial charge in [-0.05, 0) is 87.4 Å². The number of rotatable bonds is 11. The number of ketones is 1. The van der Waals surface area contributed by atoms with Crippen molar-refractivity contribution in [3.8, 4) is 0 Å². The number of amides is 1. The summed E-state index contributed by atoms with van der Waals surface area (Å²) in [6.45, 7) is 7.29. The average molecular weight is 467 g/mol. The first kappa shape index (κ1) is 24.0. The molecule has 2 aromatic carbocycles. The van der Waals surface area contributed by atoms with E-state index in [9.17, 15) is 9.59 Å². The van der Waals surface area contributed by atoms with Crippen LogP contribution in [0.25, 0.3) is 0 Å². The molecule has 2 aromatic rings. The number of nitrogens with zero attached hydrogens (tertiary/aromatic N) is 2. The highest BCUT2D eigenvalue weighted by atomic mass is 35.5. The SMILES string of the molecule is CC(C)N(CCCCCC(=O)c1cc2c3c(c1)CCN3C(=O)CC2)CCc1ccccc1Cl. The van der Waals surface area contributed by atoms with Crippen LogP contribution in [0.1, 0.15) is 73.0 Å². The molecule has 0 saturated heterocycles. The Morgan fingerprint density at radius 3 is 2.55 bits per heavy atom. The average Bonchev–Trinajstić information content (AvgIpc) is 3.24. The number of hydrogen-bond acceptors (Lipinski definition) is 3. The Hall–Kier alpha value is -2.17. The number of benzene rings is 2. The number of halogens is 1. The third-order valence-electron chi connectivity index (χ3n) is 7.08. The molecule has 2 aliphatic rings. The fourth-order valence-electron chi connectivity index (χ4n) is 5.13. The minimum absolute atomic E-state index is 0.225. The zero-order valence-electron chi connectivity index (χ0n) is 19.9. The third kappa shape index (κ3) is 5.67. The molecule has 0 unspecified atom stereocenters. The second-order valence-corrected chi connectivity index (χ2v) is 10.1. The van der Waals surface area contributed by atoms with Gasteiger partial charge < -0.3 is 9.80 Å². The summed E-state index contributed by atoms with van der Waals surface area (Å²) in [6, 6.07) is 12.7. The summed E-state index contributed by atoms with van der Waals surface area (Å²) in [5.41, 5.74) is 5.49. The van der Waals surface area contributed by atoms with Crippen LogP contribution < -0.4 is 4.90 Å². The van der Waals surface area contributed by atoms with Gasteiger partial charge in [0.1, 0.15) is 0 Å². The molecule has 33 heavy (non-hydrogen) atoms. The highest BCUT2D eigenvalue weighted by Gasteiger charge is 2.31. The fraction of sp³-hybridized carbons (Fsp3) is 0.500. The van der Waals surface area contributed by atoms with Gasteiger partial charge in [-0.25, -0.2) is 0 Å². The highest BCUT2D eigenvalue weighted by Crippen LogP contribution is 2.37. The summed E-state index contributed by atoms with van der Waals surface area (Å²) in [6.07, 6.45) is 6.83. The standard InChI is InChI=1S/C28H35ClN2O2/c1-20(2)30(16-13-21-8-5-6-9-25(21)29)15-7-3-4-10-26(32)24-18-22-11-12-27(33)31-17-14-23(19-24)28(22)31/h5-6,8-9,18-20H,3-4,7,10-17H2,1-2H3.